The molecule has 0 aliphatic carbocycles. The number of pyridine rings is 1. The number of fused-ring (bicyclic) bond motifs is 1. The summed E-state index contributed by atoms with van der Waals surface area (Å²) in [6.07, 6.45) is 6.06. The topological polar surface area (TPSA) is 77.3 Å². The molecule has 3 heterocycles. The smallest absolute Gasteiger partial charge is 0.410 e. The van der Waals surface area contributed by atoms with Gasteiger partial charge in [0.15, 0.2) is 5.16 Å². The van der Waals surface area contributed by atoms with E-state index in [4.69, 9.17) is 16.3 Å². The predicted octanol–water partition coefficient (Wildman–Crippen LogP) is 5.87. The average molecular weight is 515 g/mol. The molecular weight excluding hydrogens is 484 g/mol. The Hall–Kier alpha value is -2.58. The van der Waals surface area contributed by atoms with Gasteiger partial charge in [0.25, 0.3) is 5.56 Å². The molecule has 0 spiro atoms. The van der Waals surface area contributed by atoms with Crippen LogP contribution < -0.4 is 5.56 Å². The zero-order chi connectivity index (χ0) is 25.2. The maximum Gasteiger partial charge on any atom is 0.410 e. The van der Waals surface area contributed by atoms with Crippen LogP contribution in [0.4, 0.5) is 4.79 Å². The summed E-state index contributed by atoms with van der Waals surface area (Å²) in [5.41, 5.74) is 1.19. The summed E-state index contributed by atoms with van der Waals surface area (Å²) < 4.78 is 7.30. The van der Waals surface area contributed by atoms with Crippen molar-refractivity contribution in [1.29, 1.82) is 0 Å². The number of rotatable bonds is 5. The number of hydrogen-bond acceptors (Lipinski definition) is 6. The molecule has 7 nitrogen and oxygen atoms in total. The molecule has 1 aromatic carbocycles. The SMILES string of the molecule is CSc1ncc2cc(-c3ccccc3Cl)c(=O)n(CCC3CCCN(C(=O)OC(C)(C)C)C3)c2n1. The number of ether oxygens (including phenoxy) is 1. The van der Waals surface area contributed by atoms with Crippen molar-refractivity contribution in [3.05, 3.63) is 51.9 Å². The Balaban J connectivity index is 1.64. The van der Waals surface area contributed by atoms with Crippen LogP contribution in [0.2, 0.25) is 5.02 Å². The minimum atomic E-state index is -0.524. The van der Waals surface area contributed by atoms with Crippen LogP contribution in [0.1, 0.15) is 40.0 Å². The van der Waals surface area contributed by atoms with Gasteiger partial charge in [0.1, 0.15) is 11.2 Å². The Bertz CT molecular complexity index is 1290. The van der Waals surface area contributed by atoms with Gasteiger partial charge in [0.05, 0.1) is 0 Å². The minimum Gasteiger partial charge on any atom is -0.444 e. The van der Waals surface area contributed by atoms with Gasteiger partial charge in [0, 0.05) is 47.4 Å². The van der Waals surface area contributed by atoms with E-state index in [1.807, 2.05) is 51.3 Å². The molecule has 1 saturated heterocycles. The molecule has 3 aromatic rings. The first-order chi connectivity index (χ1) is 16.7. The lowest BCUT2D eigenvalue weighted by atomic mass is 9.95. The molecule has 186 valence electrons. The van der Waals surface area contributed by atoms with E-state index in [0.29, 0.717) is 46.6 Å². The third-order valence-corrected chi connectivity index (χ3v) is 6.97. The van der Waals surface area contributed by atoms with E-state index >= 15 is 0 Å². The summed E-state index contributed by atoms with van der Waals surface area (Å²) in [6, 6.07) is 9.18. The number of amides is 1. The van der Waals surface area contributed by atoms with Gasteiger partial charge in [-0.25, -0.2) is 14.8 Å². The highest BCUT2D eigenvalue weighted by atomic mass is 35.5. The van der Waals surface area contributed by atoms with Gasteiger partial charge in [-0.3, -0.25) is 9.36 Å². The Morgan fingerprint density at radius 1 is 1.26 bits per heavy atom. The van der Waals surface area contributed by atoms with Gasteiger partial charge in [-0.1, -0.05) is 41.6 Å². The number of thioether (sulfide) groups is 1. The number of halogens is 1. The number of carbonyl (C=O) groups is 1. The molecule has 35 heavy (non-hydrogen) atoms. The predicted molar refractivity (Wildman–Crippen MR) is 141 cm³/mol. The number of carbonyl (C=O) groups excluding carboxylic acids is 1. The lowest BCUT2D eigenvalue weighted by Gasteiger charge is -2.34. The molecule has 1 aliphatic rings. The highest BCUT2D eigenvalue weighted by Crippen LogP contribution is 2.28. The van der Waals surface area contributed by atoms with Crippen LogP contribution in [-0.4, -0.2) is 50.5 Å². The van der Waals surface area contributed by atoms with Gasteiger partial charge in [0.2, 0.25) is 0 Å². The van der Waals surface area contributed by atoms with Crippen molar-refractivity contribution in [2.75, 3.05) is 19.3 Å². The van der Waals surface area contributed by atoms with E-state index in [1.54, 1.807) is 21.7 Å². The summed E-state index contributed by atoms with van der Waals surface area (Å²) in [6.45, 7) is 7.43. The zero-order valence-corrected chi connectivity index (χ0v) is 22.2. The van der Waals surface area contributed by atoms with Gasteiger partial charge in [-0.2, -0.15) is 0 Å². The molecule has 0 radical (unpaired) electrons. The van der Waals surface area contributed by atoms with Crippen LogP contribution in [0.25, 0.3) is 22.2 Å². The quantitative estimate of drug-likeness (QED) is 0.313. The largest absolute Gasteiger partial charge is 0.444 e. The van der Waals surface area contributed by atoms with Crippen molar-refractivity contribution >= 4 is 40.5 Å². The molecule has 9 heteroatoms. The number of piperidine rings is 1. The average Bonchev–Trinajstić information content (AvgIpc) is 2.82. The van der Waals surface area contributed by atoms with Gasteiger partial charge in [-0.15, -0.1) is 0 Å². The van der Waals surface area contributed by atoms with E-state index in [-0.39, 0.29) is 17.6 Å². The summed E-state index contributed by atoms with van der Waals surface area (Å²) in [7, 11) is 0. The fourth-order valence-corrected chi connectivity index (χ4v) is 5.00. The summed E-state index contributed by atoms with van der Waals surface area (Å²) in [5, 5.41) is 1.93. The number of aryl methyl sites for hydroxylation is 1. The van der Waals surface area contributed by atoms with Crippen LogP contribution in [-0.2, 0) is 11.3 Å². The molecule has 0 saturated carbocycles. The van der Waals surface area contributed by atoms with Crippen molar-refractivity contribution in [1.82, 2.24) is 19.4 Å². The second-order valence-electron chi connectivity index (χ2n) is 9.85. The standard InChI is InChI=1S/C26H31ClN4O3S/c1-26(2,3)34-25(33)30-12-7-8-17(16-30)11-13-31-22-18(15-28-24(29-22)35-4)14-20(23(31)32)19-9-5-6-10-21(19)27/h5-6,9-10,14-15,17H,7-8,11-13,16H2,1-4H3. The molecule has 4 rings (SSSR count). The Kier molecular flexibility index (Phi) is 7.71. The fourth-order valence-electron chi connectivity index (χ4n) is 4.43. The normalized spacial score (nSPS) is 16.5. The summed E-state index contributed by atoms with van der Waals surface area (Å²) >= 11 is 7.88. The van der Waals surface area contributed by atoms with Crippen LogP contribution in [0, 0.1) is 5.92 Å². The molecular formula is C26H31ClN4O3S. The van der Waals surface area contributed by atoms with E-state index in [2.05, 4.69) is 9.97 Å². The number of aromatic nitrogens is 3. The Morgan fingerprint density at radius 3 is 2.74 bits per heavy atom. The highest BCUT2D eigenvalue weighted by molar-refractivity contribution is 7.98. The van der Waals surface area contributed by atoms with E-state index in [0.717, 1.165) is 24.6 Å². The molecule has 1 atom stereocenters. The van der Waals surface area contributed by atoms with Gasteiger partial charge >= 0.3 is 6.09 Å². The molecule has 0 N–H and O–H groups in total. The second-order valence-corrected chi connectivity index (χ2v) is 11.0. The van der Waals surface area contributed by atoms with Crippen molar-refractivity contribution in [2.24, 2.45) is 5.92 Å². The molecule has 2 aromatic heterocycles. The lowest BCUT2D eigenvalue weighted by molar-refractivity contribution is 0.0159. The molecule has 1 amide bonds. The minimum absolute atomic E-state index is 0.129. The maximum absolute atomic E-state index is 13.7. The molecule has 1 aliphatic heterocycles. The zero-order valence-electron chi connectivity index (χ0n) is 20.6. The van der Waals surface area contributed by atoms with E-state index in [1.165, 1.54) is 11.8 Å². The lowest BCUT2D eigenvalue weighted by Crippen LogP contribution is -2.43. The summed E-state index contributed by atoms with van der Waals surface area (Å²) in [5.74, 6) is 0.268. The molecule has 0 bridgehead atoms. The monoisotopic (exact) mass is 514 g/mol. The van der Waals surface area contributed by atoms with Crippen LogP contribution >= 0.6 is 23.4 Å². The Morgan fingerprint density at radius 2 is 2.03 bits per heavy atom. The summed E-state index contributed by atoms with van der Waals surface area (Å²) in [4.78, 5) is 37.1. The number of hydrogen-bond donors (Lipinski definition) is 0. The van der Waals surface area contributed by atoms with Crippen LogP contribution in [0.5, 0.6) is 0 Å². The maximum atomic E-state index is 13.7. The Labute approximate surface area is 214 Å². The number of benzene rings is 1. The third kappa shape index (κ3) is 5.98. The van der Waals surface area contributed by atoms with E-state index in [9.17, 15) is 9.59 Å². The first kappa shape index (κ1) is 25.5. The number of nitrogens with zero attached hydrogens (tertiary/aromatic N) is 4. The van der Waals surface area contributed by atoms with Crippen molar-refractivity contribution in [3.63, 3.8) is 0 Å². The van der Waals surface area contributed by atoms with Gasteiger partial charge < -0.3 is 9.64 Å². The van der Waals surface area contributed by atoms with Gasteiger partial charge in [-0.05, 0) is 64.3 Å². The molecule has 1 fully saturated rings. The molecule has 1 unspecified atom stereocenters. The highest BCUT2D eigenvalue weighted by Gasteiger charge is 2.28. The van der Waals surface area contributed by atoms with Crippen molar-refractivity contribution in [3.8, 4) is 11.1 Å². The van der Waals surface area contributed by atoms with Crippen molar-refractivity contribution in [2.45, 2.75) is 57.3 Å². The third-order valence-electron chi connectivity index (χ3n) is 6.08. The second kappa shape index (κ2) is 10.6. The van der Waals surface area contributed by atoms with Crippen LogP contribution in [0.15, 0.2) is 46.5 Å². The van der Waals surface area contributed by atoms with Crippen LogP contribution in [0.3, 0.4) is 0 Å². The fraction of sp³-hybridized carbons (Fsp3) is 0.462. The first-order valence-corrected chi connectivity index (χ1v) is 13.4. The number of likely N-dealkylation sites (tertiary alicyclic amines) is 1. The van der Waals surface area contributed by atoms with E-state index < -0.39 is 5.60 Å². The first-order valence-electron chi connectivity index (χ1n) is 11.8. The van der Waals surface area contributed by atoms with Crippen molar-refractivity contribution < 1.29 is 9.53 Å².